The quantitative estimate of drug-likeness (QED) is 0.395. The van der Waals surface area contributed by atoms with Gasteiger partial charge in [0.1, 0.15) is 0 Å². The van der Waals surface area contributed by atoms with Gasteiger partial charge in [-0.3, -0.25) is 0 Å². The van der Waals surface area contributed by atoms with Crippen LogP contribution in [-0.4, -0.2) is 42.1 Å². The molecule has 0 aliphatic rings. The van der Waals surface area contributed by atoms with Crippen molar-refractivity contribution in [2.75, 3.05) is 19.6 Å². The number of rotatable bonds is 13. The van der Waals surface area contributed by atoms with Crippen LogP contribution in [-0.2, 0) is 0 Å². The van der Waals surface area contributed by atoms with Gasteiger partial charge in [0.05, 0.1) is 12.2 Å². The highest BCUT2D eigenvalue weighted by Crippen LogP contribution is 2.16. The van der Waals surface area contributed by atoms with Gasteiger partial charge in [-0.2, -0.15) is 0 Å². The van der Waals surface area contributed by atoms with Gasteiger partial charge in [-0.05, 0) is 44.2 Å². The van der Waals surface area contributed by atoms with Crippen LogP contribution >= 0.6 is 0 Å². The van der Waals surface area contributed by atoms with Crippen LogP contribution in [0.3, 0.4) is 0 Å². The first kappa shape index (κ1) is 20.4. The fourth-order valence-corrected chi connectivity index (χ4v) is 2.14. The van der Waals surface area contributed by atoms with E-state index in [1.54, 1.807) is 0 Å². The zero-order chi connectivity index (χ0) is 16.1. The Morgan fingerprint density at radius 2 is 1.43 bits per heavy atom. The maximum absolute atomic E-state index is 10.00. The summed E-state index contributed by atoms with van der Waals surface area (Å²) in [5, 5.41) is 26.9. The summed E-state index contributed by atoms with van der Waals surface area (Å²) in [6.45, 7) is 11.0. The van der Waals surface area contributed by atoms with E-state index in [0.717, 1.165) is 51.0 Å². The van der Waals surface area contributed by atoms with E-state index in [1.807, 2.05) is 13.8 Å². The van der Waals surface area contributed by atoms with Crippen molar-refractivity contribution in [3.05, 3.63) is 11.3 Å². The van der Waals surface area contributed by atoms with Crippen molar-refractivity contribution in [1.29, 1.82) is 0 Å². The average molecular weight is 300 g/mol. The third kappa shape index (κ3) is 9.88. The van der Waals surface area contributed by atoms with Gasteiger partial charge in [-0.1, -0.05) is 27.7 Å². The van der Waals surface area contributed by atoms with E-state index in [4.69, 9.17) is 0 Å². The largest absolute Gasteiger partial charge is 0.393 e. The summed E-state index contributed by atoms with van der Waals surface area (Å²) in [5.41, 5.74) is 2.32. The molecule has 21 heavy (non-hydrogen) atoms. The van der Waals surface area contributed by atoms with Gasteiger partial charge in [-0.15, -0.1) is 0 Å². The highest BCUT2D eigenvalue weighted by molar-refractivity contribution is 5.16. The normalized spacial score (nSPS) is 15.5. The second kappa shape index (κ2) is 13.1. The lowest BCUT2D eigenvalue weighted by molar-refractivity contribution is 0.162. The van der Waals surface area contributed by atoms with E-state index in [9.17, 15) is 10.2 Å². The lowest BCUT2D eigenvalue weighted by atomic mass is 10.00. The van der Waals surface area contributed by atoms with Gasteiger partial charge in [0, 0.05) is 25.2 Å². The van der Waals surface area contributed by atoms with Crippen molar-refractivity contribution in [3.63, 3.8) is 0 Å². The molecule has 0 fully saturated rings. The molecule has 0 rings (SSSR count). The van der Waals surface area contributed by atoms with Gasteiger partial charge in [0.15, 0.2) is 0 Å². The minimum absolute atomic E-state index is 0.305. The first-order valence-corrected chi connectivity index (χ1v) is 8.60. The number of hydrogen-bond donors (Lipinski definition) is 4. The lowest BCUT2D eigenvalue weighted by Gasteiger charge is -2.21. The van der Waals surface area contributed by atoms with Gasteiger partial charge >= 0.3 is 0 Å². The number of hydrogen-bond acceptors (Lipinski definition) is 4. The minimum Gasteiger partial charge on any atom is -0.393 e. The van der Waals surface area contributed by atoms with Crippen LogP contribution in [0, 0.1) is 0 Å². The van der Waals surface area contributed by atoms with Crippen molar-refractivity contribution in [3.8, 4) is 0 Å². The molecule has 0 saturated heterocycles. The first-order valence-electron chi connectivity index (χ1n) is 8.60. The molecule has 4 heteroatoms. The Labute approximate surface area is 131 Å². The number of aliphatic hydroxyl groups is 2. The van der Waals surface area contributed by atoms with E-state index in [2.05, 4.69) is 24.5 Å². The molecule has 0 amide bonds. The molecule has 0 saturated carbocycles. The fourth-order valence-electron chi connectivity index (χ4n) is 2.14. The Morgan fingerprint density at radius 3 is 1.95 bits per heavy atom. The SMILES string of the molecule is CCCNCC(CC(O)CC)=C(CC(O)CC)NCCC. The average Bonchev–Trinajstić information content (AvgIpc) is 2.50. The van der Waals surface area contributed by atoms with Crippen LogP contribution in [0.5, 0.6) is 0 Å². The molecular formula is C17H36N2O2. The molecular weight excluding hydrogens is 264 g/mol. The maximum atomic E-state index is 10.00. The maximum Gasteiger partial charge on any atom is 0.0592 e. The molecule has 2 unspecified atom stereocenters. The monoisotopic (exact) mass is 300 g/mol. The third-order valence-electron chi connectivity index (χ3n) is 3.64. The predicted octanol–water partition coefficient (Wildman–Crippen LogP) is 2.56. The standard InChI is InChI=1S/C17H36N2O2/c1-5-9-18-13-14(11-15(20)7-3)17(19-10-6-2)12-16(21)8-4/h15-16,18-21H,5-13H2,1-4H3. The van der Waals surface area contributed by atoms with E-state index >= 15 is 0 Å². The molecule has 0 spiro atoms. The summed E-state index contributed by atoms with van der Waals surface area (Å²) < 4.78 is 0. The summed E-state index contributed by atoms with van der Waals surface area (Å²) in [6.07, 6.45) is 4.37. The Hall–Kier alpha value is -0.580. The number of nitrogens with one attached hydrogen (secondary N) is 2. The van der Waals surface area contributed by atoms with Gasteiger partial charge < -0.3 is 20.8 Å². The second-order valence-electron chi connectivity index (χ2n) is 5.72. The van der Waals surface area contributed by atoms with Crippen LogP contribution in [0.15, 0.2) is 11.3 Å². The molecule has 0 heterocycles. The van der Waals surface area contributed by atoms with Crippen LogP contribution in [0.4, 0.5) is 0 Å². The summed E-state index contributed by atoms with van der Waals surface area (Å²) >= 11 is 0. The van der Waals surface area contributed by atoms with Crippen LogP contribution < -0.4 is 10.6 Å². The molecule has 0 aromatic carbocycles. The fraction of sp³-hybridized carbons (Fsp3) is 0.882. The first-order chi connectivity index (χ1) is 10.1. The molecule has 2 atom stereocenters. The van der Waals surface area contributed by atoms with E-state index in [1.165, 1.54) is 5.57 Å². The molecule has 4 nitrogen and oxygen atoms in total. The van der Waals surface area contributed by atoms with Crippen molar-refractivity contribution in [2.24, 2.45) is 0 Å². The Kier molecular flexibility index (Phi) is 12.7. The summed E-state index contributed by atoms with van der Waals surface area (Å²) in [7, 11) is 0. The smallest absolute Gasteiger partial charge is 0.0592 e. The van der Waals surface area contributed by atoms with Crippen LogP contribution in [0.2, 0.25) is 0 Å². The van der Waals surface area contributed by atoms with E-state index in [-0.39, 0.29) is 12.2 Å². The molecule has 126 valence electrons. The van der Waals surface area contributed by atoms with Crippen LogP contribution in [0.1, 0.15) is 66.2 Å². The van der Waals surface area contributed by atoms with Crippen molar-refractivity contribution >= 4 is 0 Å². The molecule has 0 bridgehead atoms. The third-order valence-corrected chi connectivity index (χ3v) is 3.64. The van der Waals surface area contributed by atoms with Crippen molar-refractivity contribution in [1.82, 2.24) is 10.6 Å². The Bertz CT molecular complexity index is 280. The van der Waals surface area contributed by atoms with Crippen molar-refractivity contribution in [2.45, 2.75) is 78.4 Å². The lowest BCUT2D eigenvalue weighted by Crippen LogP contribution is -2.27. The van der Waals surface area contributed by atoms with Gasteiger partial charge in [0.2, 0.25) is 0 Å². The molecule has 0 radical (unpaired) electrons. The van der Waals surface area contributed by atoms with E-state index < -0.39 is 0 Å². The number of aliphatic hydroxyl groups excluding tert-OH is 2. The minimum atomic E-state index is -0.315. The summed E-state index contributed by atoms with van der Waals surface area (Å²) in [4.78, 5) is 0. The molecule has 4 N–H and O–H groups in total. The zero-order valence-corrected chi connectivity index (χ0v) is 14.4. The molecule has 0 aliphatic carbocycles. The highest BCUT2D eigenvalue weighted by Gasteiger charge is 2.14. The molecule has 0 aromatic rings. The van der Waals surface area contributed by atoms with Crippen molar-refractivity contribution < 1.29 is 10.2 Å². The predicted molar refractivity (Wildman–Crippen MR) is 90.3 cm³/mol. The van der Waals surface area contributed by atoms with E-state index in [0.29, 0.717) is 12.8 Å². The Balaban J connectivity index is 4.99. The summed E-state index contributed by atoms with van der Waals surface area (Å²) in [5.74, 6) is 0. The molecule has 0 aromatic heterocycles. The summed E-state index contributed by atoms with van der Waals surface area (Å²) in [6, 6.07) is 0. The zero-order valence-electron chi connectivity index (χ0n) is 14.4. The topological polar surface area (TPSA) is 64.5 Å². The Morgan fingerprint density at radius 1 is 0.857 bits per heavy atom. The van der Waals surface area contributed by atoms with Crippen LogP contribution in [0.25, 0.3) is 0 Å². The highest BCUT2D eigenvalue weighted by atomic mass is 16.3. The second-order valence-corrected chi connectivity index (χ2v) is 5.72. The molecule has 0 aliphatic heterocycles. The van der Waals surface area contributed by atoms with Gasteiger partial charge in [-0.25, -0.2) is 0 Å². The van der Waals surface area contributed by atoms with Gasteiger partial charge in [0.25, 0.3) is 0 Å².